The normalized spacial score (nSPS) is 10.7. The molecule has 0 spiro atoms. The number of aromatic nitrogens is 1. The monoisotopic (exact) mass is 148 g/mol. The van der Waals surface area contributed by atoms with Crippen molar-refractivity contribution in [2.75, 3.05) is 0 Å². The third-order valence-electron chi connectivity index (χ3n) is 1.31. The van der Waals surface area contributed by atoms with Crippen LogP contribution in [0.5, 0.6) is 0 Å². The Bertz CT molecular complexity index is 253. The number of nitrogens with zero attached hydrogens (tertiary/aromatic N) is 2. The van der Waals surface area contributed by atoms with Gasteiger partial charge in [0.1, 0.15) is 0 Å². The van der Waals surface area contributed by atoms with E-state index in [9.17, 15) is 0 Å². The van der Waals surface area contributed by atoms with Crippen LogP contribution in [0.3, 0.4) is 0 Å². The van der Waals surface area contributed by atoms with Crippen LogP contribution in [0.1, 0.15) is 18.9 Å². The van der Waals surface area contributed by atoms with Crippen LogP contribution in [0.15, 0.2) is 23.3 Å². The average molecular weight is 148 g/mol. The maximum atomic E-state index is 4.15. The largest absolute Gasteiger partial charge is 0.242 e. The number of hydrogen-bond donors (Lipinski definition) is 0. The van der Waals surface area contributed by atoms with Crippen LogP contribution >= 0.6 is 0 Å². The molecule has 1 rings (SSSR count). The zero-order chi connectivity index (χ0) is 8.10. The molecule has 2 heteroatoms. The summed E-state index contributed by atoms with van der Waals surface area (Å²) in [6.07, 6.45) is 4.59. The van der Waals surface area contributed by atoms with Gasteiger partial charge in [-0.25, -0.2) is 9.98 Å². The first-order valence-corrected chi connectivity index (χ1v) is 3.78. The second-order valence-electron chi connectivity index (χ2n) is 2.41. The van der Waals surface area contributed by atoms with Crippen molar-refractivity contribution in [3.63, 3.8) is 0 Å². The van der Waals surface area contributed by atoms with Crippen molar-refractivity contribution in [3.8, 4) is 0 Å². The van der Waals surface area contributed by atoms with E-state index < -0.39 is 0 Å². The van der Waals surface area contributed by atoms with E-state index in [0.29, 0.717) is 0 Å². The molecule has 0 radical (unpaired) electrons. The van der Waals surface area contributed by atoms with E-state index in [0.717, 1.165) is 12.2 Å². The summed E-state index contributed by atoms with van der Waals surface area (Å²) in [5.41, 5.74) is 1.20. The minimum absolute atomic E-state index is 0.798. The van der Waals surface area contributed by atoms with E-state index in [2.05, 4.69) is 16.9 Å². The van der Waals surface area contributed by atoms with Crippen molar-refractivity contribution >= 4 is 12.0 Å². The summed E-state index contributed by atoms with van der Waals surface area (Å²) in [5.74, 6) is 0.798. The molecule has 0 aliphatic rings. The molecule has 0 unspecified atom stereocenters. The van der Waals surface area contributed by atoms with Gasteiger partial charge in [0.25, 0.3) is 0 Å². The van der Waals surface area contributed by atoms with Crippen molar-refractivity contribution in [2.24, 2.45) is 4.99 Å². The van der Waals surface area contributed by atoms with Crippen LogP contribution in [0, 0.1) is 6.92 Å². The Kier molecular flexibility index (Phi) is 2.78. The lowest BCUT2D eigenvalue weighted by molar-refractivity contribution is 1.23. The molecule has 0 amide bonds. The molecule has 0 saturated carbocycles. The van der Waals surface area contributed by atoms with E-state index in [-0.39, 0.29) is 0 Å². The van der Waals surface area contributed by atoms with Crippen molar-refractivity contribution in [1.29, 1.82) is 0 Å². The molecule has 58 valence electrons. The lowest BCUT2D eigenvalue weighted by Crippen LogP contribution is -1.76. The number of pyridine rings is 1. The highest BCUT2D eigenvalue weighted by Crippen LogP contribution is 2.07. The zero-order valence-corrected chi connectivity index (χ0v) is 6.91. The molecule has 1 aromatic heterocycles. The van der Waals surface area contributed by atoms with Crippen molar-refractivity contribution in [1.82, 2.24) is 4.98 Å². The smallest absolute Gasteiger partial charge is 0.151 e. The van der Waals surface area contributed by atoms with Gasteiger partial charge in [-0.1, -0.05) is 6.92 Å². The van der Waals surface area contributed by atoms with Gasteiger partial charge in [0.2, 0.25) is 0 Å². The minimum Gasteiger partial charge on any atom is -0.242 e. The maximum Gasteiger partial charge on any atom is 0.151 e. The van der Waals surface area contributed by atoms with Crippen LogP contribution in [0.4, 0.5) is 5.82 Å². The molecular weight excluding hydrogens is 136 g/mol. The number of aryl methyl sites for hydroxylation is 1. The Morgan fingerprint density at radius 3 is 3.09 bits per heavy atom. The highest BCUT2D eigenvalue weighted by Gasteiger charge is 1.87. The molecule has 0 saturated heterocycles. The molecule has 0 fully saturated rings. The van der Waals surface area contributed by atoms with Crippen molar-refractivity contribution in [3.05, 3.63) is 23.9 Å². The van der Waals surface area contributed by atoms with Gasteiger partial charge >= 0.3 is 0 Å². The number of rotatable bonds is 2. The Balaban J connectivity index is 2.79. The van der Waals surface area contributed by atoms with Gasteiger partial charge in [0, 0.05) is 12.4 Å². The fraction of sp³-hybridized carbons (Fsp3) is 0.333. The van der Waals surface area contributed by atoms with E-state index in [1.54, 1.807) is 6.20 Å². The topological polar surface area (TPSA) is 25.2 Å². The SMILES string of the molecule is CCC=Nc1cc(C)ccn1. The first-order chi connectivity index (χ1) is 5.33. The summed E-state index contributed by atoms with van der Waals surface area (Å²) < 4.78 is 0. The molecule has 0 aromatic carbocycles. The van der Waals surface area contributed by atoms with Gasteiger partial charge in [-0.2, -0.15) is 0 Å². The summed E-state index contributed by atoms with van der Waals surface area (Å²) in [6.45, 7) is 4.09. The Morgan fingerprint density at radius 1 is 1.64 bits per heavy atom. The average Bonchev–Trinajstić information content (AvgIpc) is 2.01. The summed E-state index contributed by atoms with van der Waals surface area (Å²) >= 11 is 0. The Hall–Kier alpha value is -1.18. The molecular formula is C9H12N2. The van der Waals surface area contributed by atoms with Crippen LogP contribution in [0.2, 0.25) is 0 Å². The van der Waals surface area contributed by atoms with E-state index in [4.69, 9.17) is 0 Å². The van der Waals surface area contributed by atoms with Gasteiger partial charge in [-0.05, 0) is 31.0 Å². The van der Waals surface area contributed by atoms with Gasteiger partial charge in [0.15, 0.2) is 5.82 Å². The van der Waals surface area contributed by atoms with Crippen LogP contribution in [-0.2, 0) is 0 Å². The zero-order valence-electron chi connectivity index (χ0n) is 6.91. The predicted molar refractivity (Wildman–Crippen MR) is 47.4 cm³/mol. The lowest BCUT2D eigenvalue weighted by Gasteiger charge is -1.92. The molecule has 0 bridgehead atoms. The molecule has 0 aliphatic heterocycles. The quantitative estimate of drug-likeness (QED) is 0.591. The second kappa shape index (κ2) is 3.86. The fourth-order valence-corrected chi connectivity index (χ4v) is 0.776. The number of aliphatic imine (C=N–C) groups is 1. The van der Waals surface area contributed by atoms with Gasteiger partial charge in [-0.15, -0.1) is 0 Å². The van der Waals surface area contributed by atoms with Crippen LogP contribution < -0.4 is 0 Å². The first kappa shape index (κ1) is 7.92. The third-order valence-corrected chi connectivity index (χ3v) is 1.31. The van der Waals surface area contributed by atoms with Crippen molar-refractivity contribution in [2.45, 2.75) is 20.3 Å². The molecule has 1 aromatic rings. The second-order valence-corrected chi connectivity index (χ2v) is 2.41. The fourth-order valence-electron chi connectivity index (χ4n) is 0.776. The first-order valence-electron chi connectivity index (χ1n) is 3.78. The highest BCUT2D eigenvalue weighted by atomic mass is 14.9. The van der Waals surface area contributed by atoms with E-state index in [1.165, 1.54) is 5.56 Å². The van der Waals surface area contributed by atoms with Crippen molar-refractivity contribution < 1.29 is 0 Å². The molecule has 0 aliphatic carbocycles. The molecule has 2 nitrogen and oxygen atoms in total. The van der Waals surface area contributed by atoms with Gasteiger partial charge in [-0.3, -0.25) is 0 Å². The third kappa shape index (κ3) is 2.50. The summed E-state index contributed by atoms with van der Waals surface area (Å²) in [7, 11) is 0. The maximum absolute atomic E-state index is 4.15. The summed E-state index contributed by atoms with van der Waals surface area (Å²) in [5, 5.41) is 0. The Labute approximate surface area is 67.0 Å². The van der Waals surface area contributed by atoms with Gasteiger partial charge in [0.05, 0.1) is 0 Å². The molecule has 0 atom stereocenters. The van der Waals surface area contributed by atoms with Crippen LogP contribution in [0.25, 0.3) is 0 Å². The van der Waals surface area contributed by atoms with Gasteiger partial charge < -0.3 is 0 Å². The summed E-state index contributed by atoms with van der Waals surface area (Å²) in [4.78, 5) is 8.23. The minimum atomic E-state index is 0.798. The summed E-state index contributed by atoms with van der Waals surface area (Å²) in [6, 6.07) is 3.93. The van der Waals surface area contributed by atoms with Crippen LogP contribution in [-0.4, -0.2) is 11.2 Å². The van der Waals surface area contributed by atoms with E-state index in [1.807, 2.05) is 25.3 Å². The standard InChI is InChI=1S/C9H12N2/c1-3-5-10-9-7-8(2)4-6-11-9/h4-7H,3H2,1-2H3. The Morgan fingerprint density at radius 2 is 2.45 bits per heavy atom. The predicted octanol–water partition coefficient (Wildman–Crippen LogP) is 2.50. The highest BCUT2D eigenvalue weighted by molar-refractivity contribution is 5.61. The molecule has 0 N–H and O–H groups in total. The van der Waals surface area contributed by atoms with E-state index >= 15 is 0 Å². The molecule has 11 heavy (non-hydrogen) atoms. The lowest BCUT2D eigenvalue weighted by atomic mass is 10.3. The molecule has 1 heterocycles. The number of hydrogen-bond acceptors (Lipinski definition) is 2.